The van der Waals surface area contributed by atoms with Crippen molar-refractivity contribution in [2.75, 3.05) is 0 Å². The van der Waals surface area contributed by atoms with Crippen LogP contribution >= 0.6 is 0 Å². The van der Waals surface area contributed by atoms with Crippen LogP contribution < -0.4 is 4.74 Å². The van der Waals surface area contributed by atoms with E-state index in [1.54, 1.807) is 12.1 Å². The molecule has 0 bridgehead atoms. The molecule has 0 N–H and O–H groups in total. The zero-order valence-electron chi connectivity index (χ0n) is 15.0. The van der Waals surface area contributed by atoms with Gasteiger partial charge in [-0.15, -0.1) is 0 Å². The zero-order valence-corrected chi connectivity index (χ0v) is 15.0. The topological polar surface area (TPSA) is 9.23 Å². The third-order valence-corrected chi connectivity index (χ3v) is 3.96. The smallest absolute Gasteiger partial charge is 0.129 e. The Morgan fingerprint density at radius 1 is 0.826 bits per heavy atom. The fraction of sp³-hybridized carbons (Fsp3) is 0.429. The lowest BCUT2D eigenvalue weighted by Crippen LogP contribution is -2.22. The monoisotopic (exact) mass is 314 g/mol. The Bertz CT molecular complexity index is 675. The first-order valence-electron chi connectivity index (χ1n) is 8.10. The summed E-state index contributed by atoms with van der Waals surface area (Å²) in [5.74, 6) is 0.557. The van der Waals surface area contributed by atoms with Crippen molar-refractivity contribution >= 4 is 0 Å². The van der Waals surface area contributed by atoms with Crippen LogP contribution in [0.2, 0.25) is 0 Å². The van der Waals surface area contributed by atoms with Crippen molar-refractivity contribution in [2.24, 2.45) is 0 Å². The summed E-state index contributed by atoms with van der Waals surface area (Å²) in [5.41, 5.74) is 3.27. The van der Waals surface area contributed by atoms with Crippen LogP contribution in [-0.2, 0) is 17.4 Å². The molecule has 0 atom stereocenters. The Morgan fingerprint density at radius 2 is 1.43 bits per heavy atom. The molecule has 0 saturated carbocycles. The molecule has 0 aliphatic heterocycles. The van der Waals surface area contributed by atoms with Gasteiger partial charge < -0.3 is 4.74 Å². The largest absolute Gasteiger partial charge is 0.489 e. The summed E-state index contributed by atoms with van der Waals surface area (Å²) < 4.78 is 19.5. The van der Waals surface area contributed by atoms with Crippen molar-refractivity contribution in [3.05, 3.63) is 65.0 Å². The van der Waals surface area contributed by atoms with Crippen molar-refractivity contribution in [1.82, 2.24) is 0 Å². The fourth-order valence-electron chi connectivity index (χ4n) is 2.66. The Morgan fingerprint density at radius 3 is 2.00 bits per heavy atom. The summed E-state index contributed by atoms with van der Waals surface area (Å²) >= 11 is 0. The van der Waals surface area contributed by atoms with Crippen LogP contribution in [0.3, 0.4) is 0 Å². The van der Waals surface area contributed by atoms with E-state index in [2.05, 4.69) is 53.7 Å². The maximum Gasteiger partial charge on any atom is 0.129 e. The molecule has 0 aliphatic rings. The van der Waals surface area contributed by atoms with E-state index < -0.39 is 0 Å². The van der Waals surface area contributed by atoms with Gasteiger partial charge in [-0.3, -0.25) is 0 Å². The third kappa shape index (κ3) is 4.34. The maximum atomic E-state index is 13.7. The van der Waals surface area contributed by atoms with E-state index in [1.165, 1.54) is 17.2 Å². The van der Waals surface area contributed by atoms with E-state index in [9.17, 15) is 4.39 Å². The van der Waals surface area contributed by atoms with Crippen molar-refractivity contribution in [1.29, 1.82) is 0 Å². The van der Waals surface area contributed by atoms with Gasteiger partial charge in [-0.1, -0.05) is 65.8 Å². The predicted octanol–water partition coefficient (Wildman–Crippen LogP) is 6.00. The van der Waals surface area contributed by atoms with Gasteiger partial charge in [0.05, 0.1) is 0 Å². The summed E-state index contributed by atoms with van der Waals surface area (Å²) in [6, 6.07) is 12.9. The van der Waals surface area contributed by atoms with E-state index in [-0.39, 0.29) is 23.3 Å². The van der Waals surface area contributed by atoms with Gasteiger partial charge in [-0.05, 0) is 40.2 Å². The molecule has 1 nitrogen and oxygen atoms in total. The molecule has 0 aliphatic carbocycles. The van der Waals surface area contributed by atoms with Crippen molar-refractivity contribution in [3.8, 4) is 5.75 Å². The Labute approximate surface area is 139 Å². The van der Waals surface area contributed by atoms with Crippen LogP contribution in [0.25, 0.3) is 0 Å². The van der Waals surface area contributed by atoms with Crippen LogP contribution in [0.15, 0.2) is 42.5 Å². The Kier molecular flexibility index (Phi) is 4.84. The maximum absolute atomic E-state index is 13.7. The van der Waals surface area contributed by atoms with Crippen molar-refractivity contribution < 1.29 is 9.13 Å². The lowest BCUT2D eigenvalue weighted by Gasteiger charge is -2.30. The van der Waals surface area contributed by atoms with Gasteiger partial charge in [0.2, 0.25) is 0 Å². The van der Waals surface area contributed by atoms with Gasteiger partial charge in [0.25, 0.3) is 0 Å². The van der Waals surface area contributed by atoms with Gasteiger partial charge in [0.15, 0.2) is 0 Å². The van der Waals surface area contributed by atoms with Crippen LogP contribution in [0, 0.1) is 5.82 Å². The first kappa shape index (κ1) is 17.5. The molecule has 2 heteroatoms. The van der Waals surface area contributed by atoms with Crippen LogP contribution in [0.5, 0.6) is 5.75 Å². The molecular formula is C21H27FO. The van der Waals surface area contributed by atoms with E-state index in [0.717, 1.165) is 5.75 Å². The molecule has 0 saturated heterocycles. The van der Waals surface area contributed by atoms with Gasteiger partial charge in [0, 0.05) is 5.56 Å². The second-order valence-corrected chi connectivity index (χ2v) is 8.09. The van der Waals surface area contributed by atoms with E-state index >= 15 is 0 Å². The summed E-state index contributed by atoms with van der Waals surface area (Å²) in [6.45, 7) is 13.5. The minimum atomic E-state index is -0.227. The molecule has 0 radical (unpaired) electrons. The lowest BCUT2D eigenvalue weighted by atomic mass is 9.75. The third-order valence-electron chi connectivity index (χ3n) is 3.96. The first-order valence-corrected chi connectivity index (χ1v) is 8.10. The molecule has 0 fully saturated rings. The molecule has 0 amide bonds. The molecule has 0 unspecified atom stereocenters. The van der Waals surface area contributed by atoms with Crippen molar-refractivity contribution in [3.63, 3.8) is 0 Å². The summed E-state index contributed by atoms with van der Waals surface area (Å²) in [5, 5.41) is 0. The van der Waals surface area contributed by atoms with E-state index in [1.807, 2.05) is 12.1 Å². The molecule has 2 aromatic carbocycles. The Balaban J connectivity index is 2.29. The average Bonchev–Trinajstić information content (AvgIpc) is 2.44. The van der Waals surface area contributed by atoms with Gasteiger partial charge in [-0.25, -0.2) is 4.39 Å². The number of halogens is 1. The fourth-order valence-corrected chi connectivity index (χ4v) is 2.66. The summed E-state index contributed by atoms with van der Waals surface area (Å²) in [4.78, 5) is 0. The number of rotatable bonds is 3. The molecule has 124 valence electrons. The quantitative estimate of drug-likeness (QED) is 0.675. The second-order valence-electron chi connectivity index (χ2n) is 8.09. The van der Waals surface area contributed by atoms with E-state index in [0.29, 0.717) is 5.56 Å². The number of benzene rings is 2. The van der Waals surface area contributed by atoms with Gasteiger partial charge in [0.1, 0.15) is 18.2 Å². The minimum absolute atomic E-state index is 0.0278. The summed E-state index contributed by atoms with van der Waals surface area (Å²) in [7, 11) is 0. The molecule has 2 aromatic rings. The highest BCUT2D eigenvalue weighted by molar-refractivity contribution is 5.43. The summed E-state index contributed by atoms with van der Waals surface area (Å²) in [6.07, 6.45) is 0. The molecule has 0 aromatic heterocycles. The number of hydrogen-bond acceptors (Lipinski definition) is 1. The standard InChI is InChI=1S/C21H27FO/c1-20(2,3)17-12-11-16(13-18(17)21(4,5)6)23-14-15-9-7-8-10-19(15)22/h7-13H,14H2,1-6H3. The normalized spacial score (nSPS) is 12.3. The molecule has 23 heavy (non-hydrogen) atoms. The zero-order chi connectivity index (χ0) is 17.3. The van der Waals surface area contributed by atoms with Gasteiger partial charge >= 0.3 is 0 Å². The Hall–Kier alpha value is -1.83. The van der Waals surface area contributed by atoms with Gasteiger partial charge in [-0.2, -0.15) is 0 Å². The number of ether oxygens (including phenoxy) is 1. The van der Waals surface area contributed by atoms with Crippen LogP contribution in [0.4, 0.5) is 4.39 Å². The predicted molar refractivity (Wildman–Crippen MR) is 94.6 cm³/mol. The molecule has 0 heterocycles. The van der Waals surface area contributed by atoms with Crippen LogP contribution in [0.1, 0.15) is 58.2 Å². The second kappa shape index (κ2) is 6.35. The highest BCUT2D eigenvalue weighted by Crippen LogP contribution is 2.36. The number of hydrogen-bond donors (Lipinski definition) is 0. The van der Waals surface area contributed by atoms with Crippen LogP contribution in [-0.4, -0.2) is 0 Å². The molecular weight excluding hydrogens is 287 g/mol. The molecule has 2 rings (SSSR count). The molecule has 0 spiro atoms. The van der Waals surface area contributed by atoms with E-state index in [4.69, 9.17) is 4.74 Å². The first-order chi connectivity index (χ1) is 10.6. The minimum Gasteiger partial charge on any atom is -0.489 e. The SMILES string of the molecule is CC(C)(C)c1ccc(OCc2ccccc2F)cc1C(C)(C)C. The lowest BCUT2D eigenvalue weighted by molar-refractivity contribution is 0.298. The van der Waals surface area contributed by atoms with Crippen molar-refractivity contribution in [2.45, 2.75) is 59.0 Å². The average molecular weight is 314 g/mol. The highest BCUT2D eigenvalue weighted by Gasteiger charge is 2.25. The highest BCUT2D eigenvalue weighted by atomic mass is 19.1.